The van der Waals surface area contributed by atoms with Crippen LogP contribution in [0.5, 0.6) is 0 Å². The summed E-state index contributed by atoms with van der Waals surface area (Å²) in [7, 11) is 0. The van der Waals surface area contributed by atoms with E-state index in [0.29, 0.717) is 6.04 Å². The number of allylic oxidation sites excluding steroid dienone is 2. The van der Waals surface area contributed by atoms with E-state index >= 15 is 0 Å². The van der Waals surface area contributed by atoms with Gasteiger partial charge in [0, 0.05) is 17.5 Å². The van der Waals surface area contributed by atoms with Gasteiger partial charge in [0.25, 0.3) is 0 Å². The Kier molecular flexibility index (Phi) is 6.93. The molecule has 0 atom stereocenters. The van der Waals surface area contributed by atoms with Gasteiger partial charge in [-0.05, 0) is 45.9 Å². The van der Waals surface area contributed by atoms with Gasteiger partial charge in [0.15, 0.2) is 0 Å². The molecule has 2 nitrogen and oxygen atoms in total. The van der Waals surface area contributed by atoms with Gasteiger partial charge in [-0.25, -0.2) is 0 Å². The molecular formula is C13H24N2. The summed E-state index contributed by atoms with van der Waals surface area (Å²) in [5, 5.41) is 0. The summed E-state index contributed by atoms with van der Waals surface area (Å²) in [5.41, 5.74) is 3.50. The van der Waals surface area contributed by atoms with Gasteiger partial charge in [0.2, 0.25) is 0 Å². The molecule has 0 saturated carbocycles. The lowest BCUT2D eigenvalue weighted by atomic mass is 10.0. The van der Waals surface area contributed by atoms with Gasteiger partial charge in [-0.2, -0.15) is 0 Å². The molecule has 0 rings (SSSR count). The molecule has 0 N–H and O–H groups in total. The van der Waals surface area contributed by atoms with Crippen molar-refractivity contribution in [3.05, 3.63) is 11.3 Å². The van der Waals surface area contributed by atoms with Crippen LogP contribution in [-0.2, 0) is 0 Å². The van der Waals surface area contributed by atoms with Gasteiger partial charge in [-0.1, -0.05) is 20.3 Å². The summed E-state index contributed by atoms with van der Waals surface area (Å²) in [6, 6.07) is 0.347. The minimum Gasteiger partial charge on any atom is -0.287 e. The molecule has 0 aromatic heterocycles. The minimum absolute atomic E-state index is 0.347. The molecule has 0 amide bonds. The number of hydrogen-bond donors (Lipinski definition) is 0. The molecule has 0 radical (unpaired) electrons. The SMILES string of the molecule is C=N/C(CC)=C(/CCC)C(C)=NC(C)C. The fraction of sp³-hybridized carbons (Fsp3) is 0.692. The second kappa shape index (κ2) is 7.38. The zero-order valence-electron chi connectivity index (χ0n) is 10.8. The Morgan fingerprint density at radius 2 is 1.87 bits per heavy atom. The van der Waals surface area contributed by atoms with Crippen LogP contribution in [0.4, 0.5) is 0 Å². The smallest absolute Gasteiger partial charge is 0.0446 e. The Balaban J connectivity index is 5.11. The number of nitrogens with zero attached hydrogens (tertiary/aromatic N) is 2. The van der Waals surface area contributed by atoms with E-state index in [4.69, 9.17) is 0 Å². The van der Waals surface area contributed by atoms with Gasteiger partial charge in [0.05, 0.1) is 0 Å². The third-order valence-corrected chi connectivity index (χ3v) is 2.26. The highest BCUT2D eigenvalue weighted by molar-refractivity contribution is 5.99. The second-order valence-corrected chi connectivity index (χ2v) is 4.00. The summed E-state index contributed by atoms with van der Waals surface area (Å²) in [4.78, 5) is 8.69. The topological polar surface area (TPSA) is 24.7 Å². The molecule has 0 unspecified atom stereocenters. The van der Waals surface area contributed by atoms with Crippen LogP contribution in [0.1, 0.15) is 53.9 Å². The quantitative estimate of drug-likeness (QED) is 0.589. The summed E-state index contributed by atoms with van der Waals surface area (Å²) in [5.74, 6) is 0. The first-order chi connectivity index (χ1) is 7.06. The monoisotopic (exact) mass is 208 g/mol. The van der Waals surface area contributed by atoms with Crippen molar-refractivity contribution in [3.63, 3.8) is 0 Å². The molecule has 0 heterocycles. The Hall–Kier alpha value is -0.920. The van der Waals surface area contributed by atoms with Crippen molar-refractivity contribution in [1.82, 2.24) is 0 Å². The maximum absolute atomic E-state index is 4.58. The molecule has 0 aliphatic heterocycles. The predicted molar refractivity (Wildman–Crippen MR) is 70.0 cm³/mol. The maximum Gasteiger partial charge on any atom is 0.0446 e. The number of rotatable bonds is 6. The molecule has 0 bridgehead atoms. The van der Waals surface area contributed by atoms with Crippen LogP contribution in [0.25, 0.3) is 0 Å². The van der Waals surface area contributed by atoms with Crippen molar-refractivity contribution < 1.29 is 0 Å². The molecule has 86 valence electrons. The first kappa shape index (κ1) is 14.1. The van der Waals surface area contributed by atoms with Crippen molar-refractivity contribution in [3.8, 4) is 0 Å². The fourth-order valence-corrected chi connectivity index (χ4v) is 1.67. The van der Waals surface area contributed by atoms with Crippen LogP contribution in [0.2, 0.25) is 0 Å². The van der Waals surface area contributed by atoms with Gasteiger partial charge in [0.1, 0.15) is 0 Å². The Labute approximate surface area is 94.2 Å². The van der Waals surface area contributed by atoms with E-state index in [0.717, 1.165) is 30.7 Å². The van der Waals surface area contributed by atoms with E-state index in [1.54, 1.807) is 0 Å². The third-order valence-electron chi connectivity index (χ3n) is 2.26. The lowest BCUT2D eigenvalue weighted by Crippen LogP contribution is -2.05. The van der Waals surface area contributed by atoms with Crippen molar-refractivity contribution in [1.29, 1.82) is 0 Å². The van der Waals surface area contributed by atoms with E-state index in [2.05, 4.69) is 51.3 Å². The average molecular weight is 208 g/mol. The lowest BCUT2D eigenvalue weighted by Gasteiger charge is -2.11. The van der Waals surface area contributed by atoms with E-state index in [-0.39, 0.29) is 0 Å². The lowest BCUT2D eigenvalue weighted by molar-refractivity contribution is 0.826. The van der Waals surface area contributed by atoms with Crippen LogP contribution in [0, 0.1) is 0 Å². The third kappa shape index (κ3) is 4.91. The van der Waals surface area contributed by atoms with Crippen molar-refractivity contribution >= 4 is 12.4 Å². The summed E-state index contributed by atoms with van der Waals surface area (Å²) >= 11 is 0. The zero-order valence-corrected chi connectivity index (χ0v) is 10.8. The fourth-order valence-electron chi connectivity index (χ4n) is 1.67. The van der Waals surface area contributed by atoms with Crippen LogP contribution in [0.3, 0.4) is 0 Å². The van der Waals surface area contributed by atoms with Gasteiger partial charge in [-0.3, -0.25) is 9.98 Å². The van der Waals surface area contributed by atoms with E-state index in [1.165, 1.54) is 5.57 Å². The second-order valence-electron chi connectivity index (χ2n) is 4.00. The molecule has 15 heavy (non-hydrogen) atoms. The summed E-state index contributed by atoms with van der Waals surface area (Å²) in [6.07, 6.45) is 3.10. The van der Waals surface area contributed by atoms with Gasteiger partial charge < -0.3 is 0 Å². The number of aliphatic imine (C=N–C) groups is 2. The molecule has 0 aliphatic rings. The highest BCUT2D eigenvalue weighted by Gasteiger charge is 2.07. The van der Waals surface area contributed by atoms with Gasteiger partial charge >= 0.3 is 0 Å². The van der Waals surface area contributed by atoms with Crippen LogP contribution in [0.15, 0.2) is 21.3 Å². The van der Waals surface area contributed by atoms with Crippen LogP contribution in [-0.4, -0.2) is 18.5 Å². The minimum atomic E-state index is 0.347. The van der Waals surface area contributed by atoms with Crippen LogP contribution >= 0.6 is 0 Å². The average Bonchev–Trinajstić information content (AvgIpc) is 2.17. The molecule has 0 aromatic carbocycles. The molecular weight excluding hydrogens is 184 g/mol. The normalized spacial score (nSPS) is 14.1. The molecule has 0 aromatic rings. The Morgan fingerprint density at radius 3 is 2.20 bits per heavy atom. The first-order valence-corrected chi connectivity index (χ1v) is 5.80. The molecule has 0 fully saturated rings. The molecule has 0 aliphatic carbocycles. The number of hydrogen-bond acceptors (Lipinski definition) is 2. The predicted octanol–water partition coefficient (Wildman–Crippen LogP) is 4.02. The maximum atomic E-state index is 4.58. The van der Waals surface area contributed by atoms with E-state index in [9.17, 15) is 0 Å². The van der Waals surface area contributed by atoms with Crippen molar-refractivity contribution in [2.75, 3.05) is 0 Å². The largest absolute Gasteiger partial charge is 0.287 e. The summed E-state index contributed by atoms with van der Waals surface area (Å²) in [6.45, 7) is 14.2. The Morgan fingerprint density at radius 1 is 1.27 bits per heavy atom. The standard InChI is InChI=1S/C13H24N2/c1-7-9-12(13(8-2)14-6)11(5)15-10(3)4/h10H,6-9H2,1-5H3/b13-12-,15-11?. The zero-order chi connectivity index (χ0) is 11.8. The van der Waals surface area contributed by atoms with Crippen LogP contribution < -0.4 is 0 Å². The molecule has 2 heteroatoms. The summed E-state index contributed by atoms with van der Waals surface area (Å²) < 4.78 is 0. The Bertz CT molecular complexity index is 260. The highest BCUT2D eigenvalue weighted by atomic mass is 14.8. The van der Waals surface area contributed by atoms with Gasteiger partial charge in [-0.15, -0.1) is 0 Å². The highest BCUT2D eigenvalue weighted by Crippen LogP contribution is 2.17. The van der Waals surface area contributed by atoms with Crippen molar-refractivity contribution in [2.24, 2.45) is 9.98 Å². The van der Waals surface area contributed by atoms with Crippen molar-refractivity contribution in [2.45, 2.75) is 59.9 Å². The van der Waals surface area contributed by atoms with E-state index < -0.39 is 0 Å². The molecule has 0 saturated heterocycles. The molecule has 0 spiro atoms. The first-order valence-electron chi connectivity index (χ1n) is 5.80. The van der Waals surface area contributed by atoms with E-state index in [1.807, 2.05) is 0 Å².